The molecule has 0 aliphatic rings. The zero-order valence-corrected chi connectivity index (χ0v) is 13.2. The molecule has 0 saturated carbocycles. The lowest BCUT2D eigenvalue weighted by molar-refractivity contribution is -0.0756. The minimum Gasteiger partial charge on any atom is -0.274 e. The average Bonchev–Trinajstić information content (AvgIpc) is 2.52. The number of hydrogen-bond acceptors (Lipinski definition) is 2. The van der Waals surface area contributed by atoms with Crippen LogP contribution in [0.1, 0.15) is 51.9 Å². The molecule has 0 fully saturated rings. The van der Waals surface area contributed by atoms with E-state index in [9.17, 15) is 4.79 Å². The number of hydroxylamine groups is 2. The van der Waals surface area contributed by atoms with E-state index in [1.807, 2.05) is 59.7 Å². The molecule has 18 heavy (non-hydrogen) atoms. The van der Waals surface area contributed by atoms with Gasteiger partial charge in [-0.3, -0.25) is 9.63 Å². The highest BCUT2D eigenvalue weighted by atomic mass is 16.7. The molecule has 0 unspecified atom stereocenters. The molecule has 0 heterocycles. The van der Waals surface area contributed by atoms with Gasteiger partial charge in [0.05, 0.1) is 7.11 Å². The fraction of sp³-hybridized carbons (Fsp3) is 0.533. The largest absolute Gasteiger partial charge is 0.277 e. The van der Waals surface area contributed by atoms with E-state index in [1.165, 1.54) is 12.2 Å². The zero-order chi connectivity index (χ0) is 15.0. The fourth-order valence-electron chi connectivity index (χ4n) is 0.845. The van der Waals surface area contributed by atoms with E-state index in [-0.39, 0.29) is 5.91 Å². The second-order valence-electron chi connectivity index (χ2n) is 2.35. The van der Waals surface area contributed by atoms with Crippen LogP contribution >= 0.6 is 0 Å². The molecule has 1 aromatic rings. The number of nitrogens with zero attached hydrogens (tertiary/aromatic N) is 1. The van der Waals surface area contributed by atoms with Crippen molar-refractivity contribution in [1.29, 1.82) is 0 Å². The lowest BCUT2D eigenvalue weighted by Crippen LogP contribution is -2.25. The van der Waals surface area contributed by atoms with E-state index in [0.29, 0.717) is 5.56 Å². The quantitative estimate of drug-likeness (QED) is 0.733. The van der Waals surface area contributed by atoms with Crippen molar-refractivity contribution in [3.05, 3.63) is 35.9 Å². The number of carbonyl (C=O) groups excluding carboxylic acids is 1. The Morgan fingerprint density at radius 1 is 0.944 bits per heavy atom. The van der Waals surface area contributed by atoms with Gasteiger partial charge in [-0.1, -0.05) is 59.7 Å². The van der Waals surface area contributed by atoms with Crippen molar-refractivity contribution >= 4 is 5.91 Å². The molecule has 106 valence electrons. The van der Waals surface area contributed by atoms with Crippen LogP contribution in [0.4, 0.5) is 0 Å². The Bertz CT molecular complexity index is 260. The zero-order valence-electron chi connectivity index (χ0n) is 13.2. The van der Waals surface area contributed by atoms with Gasteiger partial charge in [-0.15, -0.1) is 0 Å². The average molecular weight is 255 g/mol. The number of benzene rings is 1. The van der Waals surface area contributed by atoms with Gasteiger partial charge in [0.15, 0.2) is 0 Å². The molecule has 0 aromatic heterocycles. The summed E-state index contributed by atoms with van der Waals surface area (Å²) < 4.78 is 0. The van der Waals surface area contributed by atoms with Crippen LogP contribution in [-0.2, 0) is 4.84 Å². The third-order valence-electron chi connectivity index (χ3n) is 1.58. The van der Waals surface area contributed by atoms with Gasteiger partial charge in [-0.25, -0.2) is 5.06 Å². The number of hydrogen-bond donors (Lipinski definition) is 0. The van der Waals surface area contributed by atoms with E-state index in [0.717, 1.165) is 0 Å². The van der Waals surface area contributed by atoms with Crippen molar-refractivity contribution in [2.75, 3.05) is 14.2 Å². The highest BCUT2D eigenvalue weighted by Gasteiger charge is 2.08. The third kappa shape index (κ3) is 9.85. The van der Waals surface area contributed by atoms with Crippen LogP contribution in [0.5, 0.6) is 0 Å². The first-order chi connectivity index (χ1) is 8.75. The monoisotopic (exact) mass is 255 g/mol. The predicted octanol–water partition coefficient (Wildman–Crippen LogP) is 4.40. The molecule has 0 bridgehead atoms. The van der Waals surface area contributed by atoms with E-state index < -0.39 is 0 Å². The lowest BCUT2D eigenvalue weighted by atomic mass is 10.2. The maximum Gasteiger partial charge on any atom is 0.277 e. The summed E-state index contributed by atoms with van der Waals surface area (Å²) in [6.07, 6.45) is 0. The topological polar surface area (TPSA) is 29.5 Å². The van der Waals surface area contributed by atoms with Crippen LogP contribution in [0.25, 0.3) is 0 Å². The highest BCUT2D eigenvalue weighted by molar-refractivity contribution is 5.93. The molecule has 1 aromatic carbocycles. The van der Waals surface area contributed by atoms with Crippen molar-refractivity contribution in [2.45, 2.75) is 41.5 Å². The molecule has 1 rings (SSSR count). The summed E-state index contributed by atoms with van der Waals surface area (Å²) in [7, 11) is 3.04. The number of carbonyl (C=O) groups is 1. The maximum atomic E-state index is 11.4. The fourth-order valence-corrected chi connectivity index (χ4v) is 0.845. The summed E-state index contributed by atoms with van der Waals surface area (Å²) in [6, 6.07) is 8.99. The SMILES string of the molecule is CC.CC.CC.CON(C)C(=O)c1ccccc1. The van der Waals surface area contributed by atoms with Gasteiger partial charge in [-0.05, 0) is 12.1 Å². The van der Waals surface area contributed by atoms with Crippen LogP contribution in [0.2, 0.25) is 0 Å². The first-order valence-electron chi connectivity index (χ1n) is 6.63. The van der Waals surface area contributed by atoms with Gasteiger partial charge < -0.3 is 0 Å². The molecule has 0 aliphatic carbocycles. The summed E-state index contributed by atoms with van der Waals surface area (Å²) in [5, 5.41) is 1.19. The highest BCUT2D eigenvalue weighted by Crippen LogP contribution is 2.02. The van der Waals surface area contributed by atoms with Gasteiger partial charge in [-0.2, -0.15) is 0 Å². The van der Waals surface area contributed by atoms with Gasteiger partial charge >= 0.3 is 0 Å². The van der Waals surface area contributed by atoms with Crippen LogP contribution in [0, 0.1) is 0 Å². The second-order valence-corrected chi connectivity index (χ2v) is 2.35. The molecule has 0 aliphatic heterocycles. The Labute approximate surface area is 113 Å². The van der Waals surface area contributed by atoms with Crippen molar-refractivity contribution < 1.29 is 9.63 Å². The van der Waals surface area contributed by atoms with E-state index in [2.05, 4.69) is 0 Å². The summed E-state index contributed by atoms with van der Waals surface area (Å²) in [4.78, 5) is 16.1. The Morgan fingerprint density at radius 3 is 1.67 bits per heavy atom. The first-order valence-corrected chi connectivity index (χ1v) is 6.63. The standard InChI is InChI=1S/C9H11NO2.3C2H6/c1-10(12-2)9(11)8-6-4-3-5-7-8;3*1-2/h3-7H,1-2H3;3*1-2H3. The second kappa shape index (κ2) is 18.0. The molecule has 0 radical (unpaired) electrons. The van der Waals surface area contributed by atoms with E-state index >= 15 is 0 Å². The van der Waals surface area contributed by atoms with Gasteiger partial charge in [0.25, 0.3) is 5.91 Å². The Hall–Kier alpha value is -1.35. The number of rotatable bonds is 2. The first kappa shape index (κ1) is 21.9. The van der Waals surface area contributed by atoms with Gasteiger partial charge in [0.1, 0.15) is 0 Å². The van der Waals surface area contributed by atoms with Crippen LogP contribution in [-0.4, -0.2) is 25.1 Å². The molecule has 0 spiro atoms. The van der Waals surface area contributed by atoms with Crippen LogP contribution in [0.3, 0.4) is 0 Å². The molecule has 0 saturated heterocycles. The molecule has 1 amide bonds. The van der Waals surface area contributed by atoms with Crippen molar-refractivity contribution in [3.8, 4) is 0 Å². The van der Waals surface area contributed by atoms with Crippen molar-refractivity contribution in [3.63, 3.8) is 0 Å². The van der Waals surface area contributed by atoms with E-state index in [1.54, 1.807) is 19.2 Å². The Morgan fingerprint density at radius 2 is 1.33 bits per heavy atom. The van der Waals surface area contributed by atoms with E-state index in [4.69, 9.17) is 4.84 Å². The number of amides is 1. The normalized spacial score (nSPS) is 7.33. The summed E-state index contributed by atoms with van der Waals surface area (Å²) in [6.45, 7) is 12.0. The third-order valence-corrected chi connectivity index (χ3v) is 1.58. The molecular weight excluding hydrogens is 226 g/mol. The smallest absolute Gasteiger partial charge is 0.274 e. The summed E-state index contributed by atoms with van der Waals surface area (Å²) >= 11 is 0. The minimum atomic E-state index is -0.141. The van der Waals surface area contributed by atoms with Crippen LogP contribution in [0.15, 0.2) is 30.3 Å². The minimum absolute atomic E-state index is 0.141. The molecule has 0 atom stereocenters. The summed E-state index contributed by atoms with van der Waals surface area (Å²) in [5.41, 5.74) is 0.627. The van der Waals surface area contributed by atoms with Crippen molar-refractivity contribution in [2.24, 2.45) is 0 Å². The predicted molar refractivity (Wildman–Crippen MR) is 79.6 cm³/mol. The molecule has 3 heteroatoms. The Balaban J connectivity index is -0.000000328. The molecule has 0 N–H and O–H groups in total. The maximum absolute atomic E-state index is 11.4. The van der Waals surface area contributed by atoms with Crippen LogP contribution < -0.4 is 0 Å². The van der Waals surface area contributed by atoms with Gasteiger partial charge in [0.2, 0.25) is 0 Å². The molecular formula is C15H29NO2. The van der Waals surface area contributed by atoms with Crippen molar-refractivity contribution in [1.82, 2.24) is 5.06 Å². The lowest BCUT2D eigenvalue weighted by Gasteiger charge is -2.12. The summed E-state index contributed by atoms with van der Waals surface area (Å²) in [5.74, 6) is -0.141. The molecule has 3 nitrogen and oxygen atoms in total. The van der Waals surface area contributed by atoms with Gasteiger partial charge in [0, 0.05) is 12.6 Å². The Kier molecular flexibility index (Phi) is 21.9.